The van der Waals surface area contributed by atoms with E-state index < -0.39 is 0 Å². The highest BCUT2D eigenvalue weighted by Crippen LogP contribution is 2.42. The molecule has 3 aliphatic rings. The topological polar surface area (TPSA) is 43.2 Å². The van der Waals surface area contributed by atoms with Crippen LogP contribution in [-0.2, 0) is 11.3 Å². The Morgan fingerprint density at radius 1 is 1.04 bits per heavy atom. The Hall–Kier alpha value is -1.72. The zero-order chi connectivity index (χ0) is 15.2. The lowest BCUT2D eigenvalue weighted by Gasteiger charge is -2.16. The zero-order valence-corrected chi connectivity index (χ0v) is 13.3. The minimum Gasteiger partial charge on any atom is -0.381 e. The molecule has 1 aliphatic carbocycles. The lowest BCUT2D eigenvalue weighted by atomic mass is 10.0. The molecule has 120 valence electrons. The predicted octanol–water partition coefficient (Wildman–Crippen LogP) is 2.22. The number of fused-ring (bicyclic) bond motifs is 1. The number of rotatable bonds is 4. The zero-order valence-electron chi connectivity index (χ0n) is 13.3. The van der Waals surface area contributed by atoms with E-state index in [2.05, 4.69) is 44.2 Å². The predicted molar refractivity (Wildman–Crippen MR) is 86.4 cm³/mol. The maximum atomic E-state index is 5.59. The Morgan fingerprint density at radius 2 is 1.78 bits per heavy atom. The second-order valence-corrected chi connectivity index (χ2v) is 7.19. The van der Waals surface area contributed by atoms with E-state index in [1.165, 1.54) is 24.2 Å². The molecule has 5 nitrogen and oxygen atoms in total. The molecule has 5 heteroatoms. The molecule has 3 heterocycles. The highest BCUT2D eigenvalue weighted by atomic mass is 16.5. The van der Waals surface area contributed by atoms with Crippen molar-refractivity contribution in [3.8, 4) is 5.69 Å². The number of aromatic nitrogens is 3. The van der Waals surface area contributed by atoms with Crippen LogP contribution in [0, 0.1) is 11.8 Å². The fourth-order valence-corrected chi connectivity index (χ4v) is 4.08. The number of hydrogen-bond donors (Lipinski definition) is 0. The minimum atomic E-state index is 0.644. The van der Waals surface area contributed by atoms with Gasteiger partial charge in [-0.1, -0.05) is 23.4 Å². The summed E-state index contributed by atoms with van der Waals surface area (Å²) in [5.41, 5.74) is 3.64. The summed E-state index contributed by atoms with van der Waals surface area (Å²) in [6.07, 6.45) is 2.54. The molecule has 3 fully saturated rings. The molecule has 0 amide bonds. The first-order valence-corrected chi connectivity index (χ1v) is 8.68. The van der Waals surface area contributed by atoms with Crippen LogP contribution >= 0.6 is 0 Å². The maximum absolute atomic E-state index is 5.59. The molecule has 2 atom stereocenters. The first-order chi connectivity index (χ1) is 11.4. The van der Waals surface area contributed by atoms with Gasteiger partial charge in [-0.3, -0.25) is 4.90 Å². The fourth-order valence-electron chi connectivity index (χ4n) is 4.08. The van der Waals surface area contributed by atoms with Crippen LogP contribution in [0.15, 0.2) is 30.3 Å². The highest BCUT2D eigenvalue weighted by Gasteiger charge is 2.38. The number of ether oxygens (including phenoxy) is 1. The minimum absolute atomic E-state index is 0.644. The van der Waals surface area contributed by atoms with Crippen molar-refractivity contribution in [3.05, 3.63) is 41.7 Å². The third kappa shape index (κ3) is 2.48. The Labute approximate surface area is 136 Å². The quantitative estimate of drug-likeness (QED) is 0.868. The summed E-state index contributed by atoms with van der Waals surface area (Å²) < 4.78 is 7.65. The third-order valence-corrected chi connectivity index (χ3v) is 5.43. The van der Waals surface area contributed by atoms with E-state index in [9.17, 15) is 0 Å². The van der Waals surface area contributed by atoms with Gasteiger partial charge in [-0.15, -0.1) is 5.10 Å². The van der Waals surface area contributed by atoms with Crippen molar-refractivity contribution in [3.63, 3.8) is 0 Å². The highest BCUT2D eigenvalue weighted by molar-refractivity contribution is 5.35. The van der Waals surface area contributed by atoms with Crippen molar-refractivity contribution in [1.29, 1.82) is 0 Å². The fraction of sp³-hybridized carbons (Fsp3) is 0.556. The summed E-state index contributed by atoms with van der Waals surface area (Å²) >= 11 is 0. The van der Waals surface area contributed by atoms with Crippen LogP contribution in [-0.4, -0.2) is 46.2 Å². The summed E-state index contributed by atoms with van der Waals surface area (Å²) in [6.45, 7) is 5.10. The third-order valence-electron chi connectivity index (χ3n) is 5.43. The molecule has 0 spiro atoms. The van der Waals surface area contributed by atoms with Crippen LogP contribution in [0.1, 0.15) is 30.1 Å². The van der Waals surface area contributed by atoms with E-state index in [0.717, 1.165) is 50.4 Å². The van der Waals surface area contributed by atoms with Gasteiger partial charge in [0.05, 0.1) is 24.6 Å². The van der Waals surface area contributed by atoms with E-state index in [-0.39, 0.29) is 0 Å². The molecule has 2 saturated heterocycles. The largest absolute Gasteiger partial charge is 0.381 e. The lowest BCUT2D eigenvalue weighted by Crippen LogP contribution is -2.23. The number of hydrogen-bond acceptors (Lipinski definition) is 4. The molecule has 0 radical (unpaired) electrons. The summed E-state index contributed by atoms with van der Waals surface area (Å²) in [7, 11) is 0. The van der Waals surface area contributed by atoms with Gasteiger partial charge in [0.2, 0.25) is 0 Å². The van der Waals surface area contributed by atoms with Crippen molar-refractivity contribution >= 4 is 0 Å². The molecule has 2 aromatic rings. The Kier molecular flexibility index (Phi) is 3.23. The second kappa shape index (κ2) is 5.42. The number of likely N-dealkylation sites (tertiary alicyclic amines) is 1. The van der Waals surface area contributed by atoms with Crippen LogP contribution in [0.4, 0.5) is 0 Å². The molecule has 1 saturated carbocycles. The second-order valence-electron chi connectivity index (χ2n) is 7.19. The van der Waals surface area contributed by atoms with Crippen molar-refractivity contribution in [2.75, 3.05) is 26.3 Å². The molecule has 0 N–H and O–H groups in total. The van der Waals surface area contributed by atoms with Crippen LogP contribution in [0.3, 0.4) is 0 Å². The molecule has 1 aromatic heterocycles. The van der Waals surface area contributed by atoms with Crippen LogP contribution < -0.4 is 0 Å². The summed E-state index contributed by atoms with van der Waals surface area (Å²) in [5.74, 6) is 2.10. The van der Waals surface area contributed by atoms with Gasteiger partial charge < -0.3 is 4.74 Å². The maximum Gasteiger partial charge on any atom is 0.101 e. The number of para-hydroxylation sites is 1. The van der Waals surface area contributed by atoms with E-state index in [1.807, 2.05) is 6.07 Å². The monoisotopic (exact) mass is 310 g/mol. The molecule has 1 aromatic carbocycles. The van der Waals surface area contributed by atoms with Crippen LogP contribution in [0.5, 0.6) is 0 Å². The van der Waals surface area contributed by atoms with Crippen LogP contribution in [0.25, 0.3) is 5.69 Å². The van der Waals surface area contributed by atoms with Crippen molar-refractivity contribution in [1.82, 2.24) is 19.9 Å². The van der Waals surface area contributed by atoms with Crippen molar-refractivity contribution in [2.24, 2.45) is 11.8 Å². The van der Waals surface area contributed by atoms with E-state index >= 15 is 0 Å². The molecule has 5 rings (SSSR count). The molecule has 2 aliphatic heterocycles. The normalized spacial score (nSPS) is 27.5. The first-order valence-electron chi connectivity index (χ1n) is 8.68. The molecular weight excluding hydrogens is 288 g/mol. The SMILES string of the molecule is c1ccc(-n2nnc(CN3C[C@H]4COC[C@H]4C3)c2C2CC2)cc1. The average Bonchev–Trinajstić information content (AvgIpc) is 3.00. The molecular formula is C18H22N4O. The van der Waals surface area contributed by atoms with E-state index in [4.69, 9.17) is 4.74 Å². The number of benzene rings is 1. The Morgan fingerprint density at radius 3 is 2.48 bits per heavy atom. The van der Waals surface area contributed by atoms with Gasteiger partial charge in [0.25, 0.3) is 0 Å². The van der Waals surface area contributed by atoms with E-state index in [0.29, 0.717) is 5.92 Å². The van der Waals surface area contributed by atoms with Gasteiger partial charge in [-0.05, 0) is 25.0 Å². The Balaban J connectivity index is 1.41. The van der Waals surface area contributed by atoms with Gasteiger partial charge in [-0.25, -0.2) is 4.68 Å². The van der Waals surface area contributed by atoms with Gasteiger partial charge in [0, 0.05) is 37.4 Å². The average molecular weight is 310 g/mol. The molecule has 23 heavy (non-hydrogen) atoms. The van der Waals surface area contributed by atoms with Crippen molar-refractivity contribution < 1.29 is 4.74 Å². The number of nitrogens with zero attached hydrogens (tertiary/aromatic N) is 4. The first kappa shape index (κ1) is 13.7. The molecule has 0 bridgehead atoms. The molecule has 0 unspecified atom stereocenters. The Bertz CT molecular complexity index is 682. The summed E-state index contributed by atoms with van der Waals surface area (Å²) in [4.78, 5) is 2.54. The summed E-state index contributed by atoms with van der Waals surface area (Å²) in [5, 5.41) is 9.03. The van der Waals surface area contributed by atoms with Gasteiger partial charge in [0.1, 0.15) is 5.69 Å². The lowest BCUT2D eigenvalue weighted by molar-refractivity contribution is 0.152. The smallest absolute Gasteiger partial charge is 0.101 e. The standard InChI is InChI=1S/C18H22N4O/c1-2-4-16(5-3-1)22-18(13-6-7-13)17(19-20-22)10-21-8-14-11-23-12-15(14)9-21/h1-5,13-15H,6-12H2/t14-,15+. The van der Waals surface area contributed by atoms with Gasteiger partial charge >= 0.3 is 0 Å². The van der Waals surface area contributed by atoms with Gasteiger partial charge in [-0.2, -0.15) is 0 Å². The summed E-state index contributed by atoms with van der Waals surface area (Å²) in [6, 6.07) is 10.4. The van der Waals surface area contributed by atoms with E-state index in [1.54, 1.807) is 0 Å². The van der Waals surface area contributed by atoms with Gasteiger partial charge in [0.15, 0.2) is 0 Å². The van der Waals surface area contributed by atoms with Crippen molar-refractivity contribution in [2.45, 2.75) is 25.3 Å². The van der Waals surface area contributed by atoms with Crippen LogP contribution in [0.2, 0.25) is 0 Å².